The van der Waals surface area contributed by atoms with Gasteiger partial charge in [-0.2, -0.15) is 0 Å². The zero-order valence-electron chi connectivity index (χ0n) is 6.86. The van der Waals surface area contributed by atoms with Crippen molar-refractivity contribution in [2.24, 2.45) is 5.73 Å². The molecule has 0 aliphatic carbocycles. The van der Waals surface area contributed by atoms with E-state index in [1.807, 2.05) is 0 Å². The Labute approximate surface area is 70.1 Å². The van der Waals surface area contributed by atoms with E-state index in [0.717, 1.165) is 0 Å². The van der Waals surface area contributed by atoms with Gasteiger partial charge in [0.2, 0.25) is 11.8 Å². The van der Waals surface area contributed by atoms with Gasteiger partial charge >= 0.3 is 0 Å². The van der Waals surface area contributed by atoms with Crippen molar-refractivity contribution >= 4 is 11.8 Å². The highest BCUT2D eigenvalue weighted by Crippen LogP contribution is 2.17. The van der Waals surface area contributed by atoms with Crippen LogP contribution in [0.2, 0.25) is 0 Å². The summed E-state index contributed by atoms with van der Waals surface area (Å²) >= 11 is 0. The number of nitrogens with two attached hydrogens (primary N) is 1. The van der Waals surface area contributed by atoms with Crippen LogP contribution in [0.15, 0.2) is 0 Å². The van der Waals surface area contributed by atoms with Gasteiger partial charge in [0.1, 0.15) is 6.04 Å². The van der Waals surface area contributed by atoms with Crippen molar-refractivity contribution in [2.45, 2.75) is 25.5 Å². The van der Waals surface area contributed by atoms with Crippen molar-refractivity contribution in [1.82, 2.24) is 4.90 Å². The average Bonchev–Trinajstić information content (AvgIpc) is 2.30. The number of aliphatic hydroxyl groups excluding tert-OH is 1. The number of primary amides is 1. The monoisotopic (exact) mass is 172 g/mol. The molecule has 12 heavy (non-hydrogen) atoms. The first kappa shape index (κ1) is 8.99. The van der Waals surface area contributed by atoms with Crippen LogP contribution in [0, 0.1) is 0 Å². The second kappa shape index (κ2) is 3.10. The highest BCUT2D eigenvalue weighted by Gasteiger charge is 2.38. The molecule has 0 saturated carbocycles. The summed E-state index contributed by atoms with van der Waals surface area (Å²) in [5, 5.41) is 9.28. The van der Waals surface area contributed by atoms with E-state index in [2.05, 4.69) is 0 Å². The summed E-state index contributed by atoms with van der Waals surface area (Å²) in [6.07, 6.45) is -0.376. The Morgan fingerprint density at radius 1 is 1.58 bits per heavy atom. The standard InChI is InChI=1S/C7H12N2O3/c1-4(10)9-3-2-5(11)6(9)7(8)12/h5-6,11H,2-3H2,1H3,(H2,8,12)/t5?,6-/m0/s1. The number of aliphatic hydroxyl groups is 1. The molecular weight excluding hydrogens is 160 g/mol. The molecule has 0 bridgehead atoms. The second-order valence-electron chi connectivity index (χ2n) is 2.92. The van der Waals surface area contributed by atoms with Gasteiger partial charge in [-0.15, -0.1) is 0 Å². The number of likely N-dealkylation sites (tertiary alicyclic amines) is 1. The van der Waals surface area contributed by atoms with Gasteiger partial charge in [0.15, 0.2) is 0 Å². The summed E-state index contributed by atoms with van der Waals surface area (Å²) in [5.41, 5.74) is 5.02. The van der Waals surface area contributed by atoms with Crippen molar-refractivity contribution in [2.75, 3.05) is 6.54 Å². The summed E-state index contributed by atoms with van der Waals surface area (Å²) in [4.78, 5) is 23.0. The molecule has 1 saturated heterocycles. The fourth-order valence-electron chi connectivity index (χ4n) is 1.47. The third-order valence-electron chi connectivity index (χ3n) is 2.06. The summed E-state index contributed by atoms with van der Waals surface area (Å²) in [7, 11) is 0. The van der Waals surface area contributed by atoms with Crippen molar-refractivity contribution in [3.63, 3.8) is 0 Å². The zero-order valence-corrected chi connectivity index (χ0v) is 6.86. The smallest absolute Gasteiger partial charge is 0.242 e. The number of nitrogens with zero attached hydrogens (tertiary/aromatic N) is 1. The molecule has 0 aromatic carbocycles. The predicted molar refractivity (Wildman–Crippen MR) is 41.0 cm³/mol. The van der Waals surface area contributed by atoms with Crippen LogP contribution in [-0.4, -0.2) is 40.5 Å². The molecule has 2 atom stereocenters. The molecule has 0 spiro atoms. The highest BCUT2D eigenvalue weighted by atomic mass is 16.3. The molecule has 1 aliphatic rings. The SMILES string of the molecule is CC(=O)N1CCC(O)[C@H]1C(N)=O. The lowest BCUT2D eigenvalue weighted by atomic mass is 10.1. The van der Waals surface area contributed by atoms with Gasteiger partial charge in [-0.1, -0.05) is 0 Å². The molecule has 0 aromatic rings. The number of hydrogen-bond acceptors (Lipinski definition) is 3. The molecule has 0 aromatic heterocycles. The van der Waals surface area contributed by atoms with E-state index in [4.69, 9.17) is 5.73 Å². The van der Waals surface area contributed by atoms with E-state index in [-0.39, 0.29) is 5.91 Å². The molecular formula is C7H12N2O3. The van der Waals surface area contributed by atoms with Crippen molar-refractivity contribution in [3.05, 3.63) is 0 Å². The van der Waals surface area contributed by atoms with E-state index >= 15 is 0 Å². The minimum atomic E-state index is -0.831. The van der Waals surface area contributed by atoms with E-state index in [0.29, 0.717) is 13.0 Å². The van der Waals surface area contributed by atoms with Crippen LogP contribution < -0.4 is 5.73 Å². The number of carbonyl (C=O) groups is 2. The Balaban J connectivity index is 2.77. The lowest BCUT2D eigenvalue weighted by molar-refractivity contribution is -0.137. The van der Waals surface area contributed by atoms with Gasteiger partial charge in [0, 0.05) is 13.5 Å². The van der Waals surface area contributed by atoms with E-state index in [1.54, 1.807) is 0 Å². The first-order valence-electron chi connectivity index (χ1n) is 3.78. The molecule has 2 amide bonds. The van der Waals surface area contributed by atoms with Gasteiger partial charge in [0.05, 0.1) is 6.10 Å². The maximum absolute atomic E-state index is 10.9. The highest BCUT2D eigenvalue weighted by molar-refractivity contribution is 5.86. The molecule has 1 fully saturated rings. The van der Waals surface area contributed by atoms with E-state index in [9.17, 15) is 14.7 Å². The third kappa shape index (κ3) is 1.40. The molecule has 3 N–H and O–H groups in total. The molecule has 68 valence electrons. The minimum absolute atomic E-state index is 0.227. The van der Waals surface area contributed by atoms with Gasteiger partial charge in [-0.3, -0.25) is 9.59 Å². The van der Waals surface area contributed by atoms with Crippen molar-refractivity contribution < 1.29 is 14.7 Å². The molecule has 1 heterocycles. The zero-order chi connectivity index (χ0) is 9.30. The normalized spacial score (nSPS) is 29.0. The molecule has 0 radical (unpaired) electrons. The fraction of sp³-hybridized carbons (Fsp3) is 0.714. The van der Waals surface area contributed by atoms with Crippen LogP contribution in [0.4, 0.5) is 0 Å². The minimum Gasteiger partial charge on any atom is -0.390 e. The van der Waals surface area contributed by atoms with Crippen molar-refractivity contribution in [3.8, 4) is 0 Å². The average molecular weight is 172 g/mol. The van der Waals surface area contributed by atoms with Gasteiger partial charge in [0.25, 0.3) is 0 Å². The Morgan fingerprint density at radius 3 is 2.50 bits per heavy atom. The maximum atomic E-state index is 10.9. The van der Waals surface area contributed by atoms with Gasteiger partial charge in [-0.25, -0.2) is 0 Å². The number of hydrogen-bond donors (Lipinski definition) is 2. The Kier molecular flexibility index (Phi) is 2.32. The van der Waals surface area contributed by atoms with Crippen LogP contribution in [0.5, 0.6) is 0 Å². The third-order valence-corrected chi connectivity index (χ3v) is 2.06. The number of amides is 2. The van der Waals surface area contributed by atoms with Crippen LogP contribution in [0.25, 0.3) is 0 Å². The largest absolute Gasteiger partial charge is 0.390 e. The number of rotatable bonds is 1. The second-order valence-corrected chi connectivity index (χ2v) is 2.92. The molecule has 5 heteroatoms. The Morgan fingerprint density at radius 2 is 2.17 bits per heavy atom. The van der Waals surface area contributed by atoms with Crippen molar-refractivity contribution in [1.29, 1.82) is 0 Å². The topological polar surface area (TPSA) is 83.6 Å². The maximum Gasteiger partial charge on any atom is 0.242 e. The van der Waals surface area contributed by atoms with Gasteiger partial charge < -0.3 is 15.7 Å². The lowest BCUT2D eigenvalue weighted by Gasteiger charge is -2.21. The fourth-order valence-corrected chi connectivity index (χ4v) is 1.47. The molecule has 5 nitrogen and oxygen atoms in total. The summed E-state index contributed by atoms with van der Waals surface area (Å²) in [6.45, 7) is 1.76. The molecule has 1 unspecified atom stereocenters. The summed E-state index contributed by atoms with van der Waals surface area (Å²) in [5.74, 6) is -0.870. The lowest BCUT2D eigenvalue weighted by Crippen LogP contribution is -2.47. The first-order valence-corrected chi connectivity index (χ1v) is 3.78. The van der Waals surface area contributed by atoms with Crippen LogP contribution >= 0.6 is 0 Å². The van der Waals surface area contributed by atoms with Crippen LogP contribution in [0.3, 0.4) is 0 Å². The van der Waals surface area contributed by atoms with E-state index in [1.165, 1.54) is 11.8 Å². The quantitative estimate of drug-likeness (QED) is 0.502. The Bertz CT molecular complexity index is 217. The predicted octanol–water partition coefficient (Wildman–Crippen LogP) is -1.55. The van der Waals surface area contributed by atoms with Gasteiger partial charge in [-0.05, 0) is 6.42 Å². The first-order chi connectivity index (χ1) is 5.54. The molecule has 1 aliphatic heterocycles. The summed E-state index contributed by atoms with van der Waals surface area (Å²) < 4.78 is 0. The van der Waals surface area contributed by atoms with Crippen LogP contribution in [0.1, 0.15) is 13.3 Å². The van der Waals surface area contributed by atoms with E-state index < -0.39 is 18.1 Å². The molecule has 1 rings (SSSR count). The van der Waals surface area contributed by atoms with Crippen LogP contribution in [-0.2, 0) is 9.59 Å². The summed E-state index contributed by atoms with van der Waals surface area (Å²) in [6, 6.07) is -0.831. The number of carbonyl (C=O) groups excluding carboxylic acids is 2. The Hall–Kier alpha value is -1.10.